The summed E-state index contributed by atoms with van der Waals surface area (Å²) in [6.07, 6.45) is 4.75. The molecule has 12 nitrogen and oxygen atoms in total. The molecule has 7 N–H and O–H groups in total. The van der Waals surface area contributed by atoms with Crippen LogP contribution in [0.2, 0.25) is 0 Å². The first-order valence-electron chi connectivity index (χ1n) is 16.1. The van der Waals surface area contributed by atoms with E-state index in [1.165, 1.54) is 14.0 Å². The molecule has 0 saturated carbocycles. The van der Waals surface area contributed by atoms with Gasteiger partial charge in [-0.2, -0.15) is 0 Å². The zero-order valence-corrected chi connectivity index (χ0v) is 27.4. The molecule has 0 saturated heterocycles. The second-order valence-electron chi connectivity index (χ2n) is 11.8. The third-order valence-corrected chi connectivity index (χ3v) is 7.30. The summed E-state index contributed by atoms with van der Waals surface area (Å²) in [6, 6.07) is 7.71. The SMILES string of the molecule is CNC(=O)[C@@H](CC(=O)[C@H](CCCCNC(C)=O)NC(=O)CNC(=O)[C@H](CC(C)C)NC(=O)CCCCCN)Cc1ccccc1. The van der Waals surface area contributed by atoms with Crippen LogP contribution in [0.4, 0.5) is 0 Å². The van der Waals surface area contributed by atoms with Crippen LogP contribution in [0.3, 0.4) is 0 Å². The van der Waals surface area contributed by atoms with E-state index < -0.39 is 29.8 Å². The van der Waals surface area contributed by atoms with Crippen LogP contribution in [0.25, 0.3) is 0 Å². The minimum atomic E-state index is -0.880. The monoisotopic (exact) mass is 630 g/mol. The van der Waals surface area contributed by atoms with Crippen LogP contribution < -0.4 is 32.3 Å². The van der Waals surface area contributed by atoms with E-state index in [4.69, 9.17) is 5.73 Å². The lowest BCUT2D eigenvalue weighted by Crippen LogP contribution is -2.51. The maximum absolute atomic E-state index is 13.5. The fourth-order valence-electron chi connectivity index (χ4n) is 4.91. The summed E-state index contributed by atoms with van der Waals surface area (Å²) in [4.78, 5) is 75.7. The quantitative estimate of drug-likeness (QED) is 0.0988. The number of nitrogens with one attached hydrogen (secondary N) is 5. The predicted molar refractivity (Wildman–Crippen MR) is 174 cm³/mol. The topological polar surface area (TPSA) is 189 Å². The molecular weight excluding hydrogens is 576 g/mol. The van der Waals surface area contributed by atoms with E-state index in [1.54, 1.807) is 0 Å². The lowest BCUT2D eigenvalue weighted by molar-refractivity contribution is -0.132. The van der Waals surface area contributed by atoms with Crippen LogP contribution in [-0.2, 0) is 35.2 Å². The maximum Gasteiger partial charge on any atom is 0.243 e. The van der Waals surface area contributed by atoms with Gasteiger partial charge in [0.2, 0.25) is 29.5 Å². The van der Waals surface area contributed by atoms with E-state index in [1.807, 2.05) is 44.2 Å². The van der Waals surface area contributed by atoms with Crippen molar-refractivity contribution in [3.05, 3.63) is 35.9 Å². The zero-order chi connectivity index (χ0) is 33.6. The first kappa shape index (κ1) is 39.2. The Hall–Kier alpha value is -3.80. The number of benzene rings is 1. The number of rotatable bonds is 23. The van der Waals surface area contributed by atoms with Gasteiger partial charge in [-0.1, -0.05) is 50.6 Å². The normalized spacial score (nSPS) is 12.8. The third kappa shape index (κ3) is 17.9. The molecule has 0 unspecified atom stereocenters. The van der Waals surface area contributed by atoms with Crippen molar-refractivity contribution in [1.82, 2.24) is 26.6 Å². The Balaban J connectivity index is 2.88. The molecule has 12 heteroatoms. The van der Waals surface area contributed by atoms with Crippen LogP contribution >= 0.6 is 0 Å². The second kappa shape index (κ2) is 22.7. The number of ketones is 1. The fourth-order valence-corrected chi connectivity index (χ4v) is 4.91. The van der Waals surface area contributed by atoms with Gasteiger partial charge in [-0.15, -0.1) is 0 Å². The summed E-state index contributed by atoms with van der Waals surface area (Å²) in [5.41, 5.74) is 6.42. The second-order valence-corrected chi connectivity index (χ2v) is 11.8. The minimum absolute atomic E-state index is 0.0780. The number of amides is 5. The molecule has 0 aliphatic rings. The molecule has 0 aliphatic heterocycles. The van der Waals surface area contributed by atoms with Crippen molar-refractivity contribution in [2.24, 2.45) is 17.6 Å². The van der Waals surface area contributed by atoms with E-state index in [-0.39, 0.29) is 48.8 Å². The summed E-state index contributed by atoms with van der Waals surface area (Å²) in [7, 11) is 1.52. The molecule has 3 atom stereocenters. The molecule has 0 fully saturated rings. The first-order valence-corrected chi connectivity index (χ1v) is 16.1. The average Bonchev–Trinajstić information content (AvgIpc) is 3.00. The van der Waals surface area contributed by atoms with Gasteiger partial charge in [0, 0.05) is 39.3 Å². The standard InChI is InChI=1S/C33H54N6O6/c1-23(2)19-28(39-30(42)16-9-6-11-17-34)33(45)37-22-31(43)38-27(15-10-12-18-36-24(3)40)29(41)21-26(32(44)35-4)20-25-13-7-5-8-14-25/h5,7-8,13-14,23,26-28H,6,9-12,15-22,34H2,1-4H3,(H,35,44)(H,36,40)(H,37,45)(H,38,43)(H,39,42)/t26-,27+,28+/m1/s1. The summed E-state index contributed by atoms with van der Waals surface area (Å²) < 4.78 is 0. The molecule has 1 rings (SSSR count). The third-order valence-electron chi connectivity index (χ3n) is 7.30. The number of hydrogen-bond donors (Lipinski definition) is 6. The molecular formula is C33H54N6O6. The first-order chi connectivity index (χ1) is 21.5. The van der Waals surface area contributed by atoms with E-state index in [0.717, 1.165) is 18.4 Å². The van der Waals surface area contributed by atoms with Crippen LogP contribution in [0.15, 0.2) is 30.3 Å². The van der Waals surface area contributed by atoms with Gasteiger partial charge in [0.25, 0.3) is 0 Å². The Kier molecular flexibility index (Phi) is 19.8. The van der Waals surface area contributed by atoms with Crippen LogP contribution in [-0.4, -0.2) is 74.1 Å². The molecule has 0 aliphatic carbocycles. The van der Waals surface area contributed by atoms with Gasteiger partial charge >= 0.3 is 0 Å². The van der Waals surface area contributed by atoms with E-state index in [0.29, 0.717) is 51.6 Å². The molecule has 5 amide bonds. The number of hydrogen-bond acceptors (Lipinski definition) is 7. The number of carbonyl (C=O) groups is 6. The number of Topliss-reactive ketones (excluding diaryl/α,β-unsaturated/α-hetero) is 1. The van der Waals surface area contributed by atoms with Crippen molar-refractivity contribution in [3.63, 3.8) is 0 Å². The van der Waals surface area contributed by atoms with E-state index in [9.17, 15) is 28.8 Å². The van der Waals surface area contributed by atoms with E-state index >= 15 is 0 Å². The molecule has 0 radical (unpaired) electrons. The van der Waals surface area contributed by atoms with Gasteiger partial charge in [-0.05, 0) is 63.0 Å². The van der Waals surface area contributed by atoms with Gasteiger partial charge in [0.1, 0.15) is 6.04 Å². The maximum atomic E-state index is 13.5. The lowest BCUT2D eigenvalue weighted by atomic mass is 9.90. The highest BCUT2D eigenvalue weighted by Gasteiger charge is 2.28. The smallest absolute Gasteiger partial charge is 0.243 e. The Labute approximate surface area is 267 Å². The van der Waals surface area contributed by atoms with Gasteiger partial charge in [-0.3, -0.25) is 28.8 Å². The summed E-state index contributed by atoms with van der Waals surface area (Å²) in [5.74, 6) is -2.49. The Morgan fingerprint density at radius 1 is 0.800 bits per heavy atom. The molecule has 0 heterocycles. The van der Waals surface area contributed by atoms with Gasteiger partial charge in [-0.25, -0.2) is 0 Å². The Morgan fingerprint density at radius 3 is 2.11 bits per heavy atom. The number of carbonyl (C=O) groups excluding carboxylic acids is 6. The minimum Gasteiger partial charge on any atom is -0.359 e. The molecule has 0 spiro atoms. The van der Waals surface area contributed by atoms with Gasteiger partial charge in [0.15, 0.2) is 5.78 Å². The summed E-state index contributed by atoms with van der Waals surface area (Å²) in [6.45, 7) is 5.92. The number of nitrogens with two attached hydrogens (primary N) is 1. The van der Waals surface area contributed by atoms with Crippen molar-refractivity contribution >= 4 is 35.3 Å². The predicted octanol–water partition coefficient (Wildman–Crippen LogP) is 1.51. The highest BCUT2D eigenvalue weighted by atomic mass is 16.2. The van der Waals surface area contributed by atoms with Crippen molar-refractivity contribution in [1.29, 1.82) is 0 Å². The molecule has 0 bridgehead atoms. The Morgan fingerprint density at radius 2 is 1.49 bits per heavy atom. The molecule has 0 aromatic heterocycles. The Bertz CT molecular complexity index is 1080. The van der Waals surface area contributed by atoms with Crippen molar-refractivity contribution in [3.8, 4) is 0 Å². The van der Waals surface area contributed by atoms with E-state index in [2.05, 4.69) is 26.6 Å². The molecule has 252 valence electrons. The molecule has 45 heavy (non-hydrogen) atoms. The summed E-state index contributed by atoms with van der Waals surface area (Å²) >= 11 is 0. The van der Waals surface area contributed by atoms with Crippen molar-refractivity contribution in [2.75, 3.05) is 26.7 Å². The molecule has 1 aromatic rings. The van der Waals surface area contributed by atoms with Crippen LogP contribution in [0, 0.1) is 11.8 Å². The van der Waals surface area contributed by atoms with Crippen molar-refractivity contribution < 1.29 is 28.8 Å². The molecule has 1 aromatic carbocycles. The average molecular weight is 631 g/mol. The lowest BCUT2D eigenvalue weighted by Gasteiger charge is -2.22. The largest absolute Gasteiger partial charge is 0.359 e. The number of unbranched alkanes of at least 4 members (excludes halogenated alkanes) is 3. The van der Waals surface area contributed by atoms with Crippen LogP contribution in [0.1, 0.15) is 84.1 Å². The highest BCUT2D eigenvalue weighted by molar-refractivity contribution is 5.94. The van der Waals surface area contributed by atoms with Gasteiger partial charge < -0.3 is 32.3 Å². The summed E-state index contributed by atoms with van der Waals surface area (Å²) in [5, 5.41) is 13.5. The van der Waals surface area contributed by atoms with Crippen LogP contribution in [0.5, 0.6) is 0 Å². The zero-order valence-electron chi connectivity index (χ0n) is 27.4. The fraction of sp³-hybridized carbons (Fsp3) is 0.636. The van der Waals surface area contributed by atoms with Crippen molar-refractivity contribution in [2.45, 2.75) is 97.1 Å². The van der Waals surface area contributed by atoms with Gasteiger partial charge in [0.05, 0.1) is 12.6 Å². The highest BCUT2D eigenvalue weighted by Crippen LogP contribution is 2.16.